The van der Waals surface area contributed by atoms with E-state index < -0.39 is 0 Å². The third-order valence-corrected chi connectivity index (χ3v) is 4.54. The number of nitrogens with one attached hydrogen (secondary N) is 1. The lowest BCUT2D eigenvalue weighted by molar-refractivity contribution is 0.0996. The normalized spacial score (nSPS) is 13.0. The van der Waals surface area contributed by atoms with Crippen LogP contribution in [-0.2, 0) is 6.54 Å². The second kappa shape index (κ2) is 6.18. The largest absolute Gasteiger partial charge is 0.497 e. The second-order valence-electron chi connectivity index (χ2n) is 6.06. The molecule has 2 aromatic heterocycles. The molecule has 1 aliphatic heterocycles. The Morgan fingerprint density at radius 3 is 2.73 bits per heavy atom. The zero-order valence-corrected chi connectivity index (χ0v) is 14.7. The van der Waals surface area contributed by atoms with Gasteiger partial charge in [-0.1, -0.05) is 0 Å². The number of H-pyrrole nitrogens is 1. The summed E-state index contributed by atoms with van der Waals surface area (Å²) in [4.78, 5) is 19.2. The van der Waals surface area contributed by atoms with Crippen molar-refractivity contribution >= 4 is 11.6 Å². The van der Waals surface area contributed by atoms with Gasteiger partial charge in [0.05, 0.1) is 49.6 Å². The molecule has 0 radical (unpaired) electrons. The number of hydrogen-bond donors (Lipinski definition) is 1. The van der Waals surface area contributed by atoms with Crippen LogP contribution in [0.1, 0.15) is 21.6 Å². The predicted octanol–water partition coefficient (Wildman–Crippen LogP) is 2.96. The molecule has 1 N–H and O–H groups in total. The summed E-state index contributed by atoms with van der Waals surface area (Å²) >= 11 is 0. The van der Waals surface area contributed by atoms with Crippen molar-refractivity contribution in [3.05, 3.63) is 53.5 Å². The van der Waals surface area contributed by atoms with Crippen molar-refractivity contribution in [3.63, 3.8) is 0 Å². The molecule has 0 atom stereocenters. The van der Waals surface area contributed by atoms with Gasteiger partial charge in [0.15, 0.2) is 0 Å². The number of rotatable bonds is 4. The molecule has 132 valence electrons. The maximum Gasteiger partial charge on any atom is 0.260 e. The number of amides is 1. The first-order valence-corrected chi connectivity index (χ1v) is 8.16. The number of carbonyl (C=O) groups is 1. The van der Waals surface area contributed by atoms with Gasteiger partial charge in [-0.25, -0.2) is 4.98 Å². The molecule has 0 fully saturated rings. The maximum atomic E-state index is 12.8. The van der Waals surface area contributed by atoms with Crippen LogP contribution in [0.5, 0.6) is 11.5 Å². The van der Waals surface area contributed by atoms with Crippen LogP contribution in [0.15, 0.2) is 36.7 Å². The Hall–Kier alpha value is -3.35. The number of anilines is 1. The summed E-state index contributed by atoms with van der Waals surface area (Å²) in [7, 11) is 3.23. The van der Waals surface area contributed by atoms with Crippen molar-refractivity contribution in [1.29, 1.82) is 0 Å². The topological polar surface area (TPSA) is 80.3 Å². The average Bonchev–Trinajstić information content (AvgIpc) is 3.29. The molecular formula is C19H18N4O3. The van der Waals surface area contributed by atoms with Crippen molar-refractivity contribution in [3.8, 4) is 22.8 Å². The number of fused-ring (bicyclic) bond motifs is 1. The minimum Gasteiger partial charge on any atom is -0.497 e. The zero-order chi connectivity index (χ0) is 18.3. The fourth-order valence-electron chi connectivity index (χ4n) is 3.25. The van der Waals surface area contributed by atoms with Crippen LogP contribution in [0, 0.1) is 6.92 Å². The number of ether oxygens (including phenoxy) is 2. The third kappa shape index (κ3) is 2.48. The van der Waals surface area contributed by atoms with Crippen LogP contribution in [0.4, 0.5) is 5.69 Å². The monoisotopic (exact) mass is 350 g/mol. The maximum absolute atomic E-state index is 12.8. The minimum atomic E-state index is -0.0559. The molecule has 1 amide bonds. The average molecular weight is 350 g/mol. The number of benzene rings is 1. The zero-order valence-electron chi connectivity index (χ0n) is 14.7. The van der Waals surface area contributed by atoms with Gasteiger partial charge in [0.2, 0.25) is 0 Å². The summed E-state index contributed by atoms with van der Waals surface area (Å²) in [5.74, 6) is 1.33. The molecule has 7 nitrogen and oxygen atoms in total. The number of methoxy groups -OCH3 is 2. The summed E-state index contributed by atoms with van der Waals surface area (Å²) in [6.45, 7) is 2.34. The van der Waals surface area contributed by atoms with Gasteiger partial charge in [-0.2, -0.15) is 5.10 Å². The summed E-state index contributed by atoms with van der Waals surface area (Å²) in [6, 6.07) is 7.52. The molecule has 0 spiro atoms. The van der Waals surface area contributed by atoms with Crippen molar-refractivity contribution in [2.75, 3.05) is 19.1 Å². The van der Waals surface area contributed by atoms with Crippen molar-refractivity contribution in [2.45, 2.75) is 13.5 Å². The van der Waals surface area contributed by atoms with Gasteiger partial charge in [0, 0.05) is 17.8 Å². The van der Waals surface area contributed by atoms with E-state index in [9.17, 15) is 4.79 Å². The molecule has 0 aliphatic carbocycles. The van der Waals surface area contributed by atoms with E-state index in [4.69, 9.17) is 14.5 Å². The highest BCUT2D eigenvalue weighted by Crippen LogP contribution is 2.36. The lowest BCUT2D eigenvalue weighted by atomic mass is 10.0. The molecule has 3 heterocycles. The Kier molecular flexibility index (Phi) is 3.84. The van der Waals surface area contributed by atoms with Crippen molar-refractivity contribution in [1.82, 2.24) is 15.2 Å². The fraction of sp³-hybridized carbons (Fsp3) is 0.211. The van der Waals surface area contributed by atoms with Crippen molar-refractivity contribution in [2.24, 2.45) is 0 Å². The van der Waals surface area contributed by atoms with Crippen LogP contribution < -0.4 is 14.4 Å². The van der Waals surface area contributed by atoms with E-state index in [0.717, 1.165) is 28.2 Å². The van der Waals surface area contributed by atoms with Gasteiger partial charge >= 0.3 is 0 Å². The number of aryl methyl sites for hydroxylation is 1. The standard InChI is InChI=1S/C19H18N4O3/c1-11-6-15(14-5-4-13(25-2)7-17(14)26-3)22-16-10-23(19(24)18(11)16)12-8-20-21-9-12/h4-9H,10H2,1-3H3,(H,20,21). The molecule has 3 aromatic rings. The van der Waals surface area contributed by atoms with Gasteiger partial charge in [-0.05, 0) is 30.7 Å². The van der Waals surface area contributed by atoms with Crippen LogP contribution in [-0.4, -0.2) is 35.3 Å². The smallest absolute Gasteiger partial charge is 0.260 e. The van der Waals surface area contributed by atoms with Crippen LogP contribution in [0.2, 0.25) is 0 Å². The third-order valence-electron chi connectivity index (χ3n) is 4.54. The number of nitrogens with zero attached hydrogens (tertiary/aromatic N) is 3. The van der Waals surface area contributed by atoms with Crippen molar-refractivity contribution < 1.29 is 14.3 Å². The van der Waals surface area contributed by atoms with Crippen LogP contribution >= 0.6 is 0 Å². The van der Waals surface area contributed by atoms with E-state index in [2.05, 4.69) is 10.2 Å². The molecule has 4 rings (SSSR count). The SMILES string of the molecule is COc1ccc(-c2cc(C)c3c(n2)CN(c2cn[nH]c2)C3=O)c(OC)c1. The Balaban J connectivity index is 1.78. The Labute approximate surface area is 150 Å². The molecule has 0 unspecified atom stereocenters. The van der Waals surface area contributed by atoms with E-state index in [1.54, 1.807) is 31.5 Å². The van der Waals surface area contributed by atoms with Gasteiger partial charge in [0.1, 0.15) is 11.5 Å². The fourth-order valence-corrected chi connectivity index (χ4v) is 3.25. The summed E-state index contributed by atoms with van der Waals surface area (Å²) in [5.41, 5.74) is 4.65. The predicted molar refractivity (Wildman–Crippen MR) is 96.6 cm³/mol. The van der Waals surface area contributed by atoms with E-state index >= 15 is 0 Å². The van der Waals surface area contributed by atoms with E-state index in [-0.39, 0.29) is 5.91 Å². The number of aromatic nitrogens is 3. The van der Waals surface area contributed by atoms with Crippen LogP contribution in [0.3, 0.4) is 0 Å². The second-order valence-corrected chi connectivity index (χ2v) is 6.06. The summed E-state index contributed by atoms with van der Waals surface area (Å²) in [6.07, 6.45) is 3.33. The first-order chi connectivity index (χ1) is 12.6. The highest BCUT2D eigenvalue weighted by Gasteiger charge is 2.32. The molecule has 1 aliphatic rings. The van der Waals surface area contributed by atoms with E-state index in [1.165, 1.54) is 0 Å². The molecule has 7 heteroatoms. The first kappa shape index (κ1) is 16.1. The van der Waals surface area contributed by atoms with Gasteiger partial charge in [-0.3, -0.25) is 14.8 Å². The Bertz CT molecular complexity index is 983. The summed E-state index contributed by atoms with van der Waals surface area (Å²) < 4.78 is 10.7. The number of pyridine rings is 1. The minimum absolute atomic E-state index is 0.0559. The molecular weight excluding hydrogens is 332 g/mol. The Morgan fingerprint density at radius 2 is 2.04 bits per heavy atom. The van der Waals surface area contributed by atoms with E-state index in [0.29, 0.717) is 23.6 Å². The van der Waals surface area contributed by atoms with Gasteiger partial charge < -0.3 is 9.47 Å². The lowest BCUT2D eigenvalue weighted by Crippen LogP contribution is -2.22. The molecule has 1 aromatic carbocycles. The number of hydrogen-bond acceptors (Lipinski definition) is 5. The number of aromatic amines is 1. The quantitative estimate of drug-likeness (QED) is 0.782. The molecule has 0 saturated carbocycles. The number of carbonyl (C=O) groups excluding carboxylic acids is 1. The molecule has 26 heavy (non-hydrogen) atoms. The van der Waals surface area contributed by atoms with Crippen LogP contribution in [0.25, 0.3) is 11.3 Å². The highest BCUT2D eigenvalue weighted by molar-refractivity contribution is 6.10. The van der Waals surface area contributed by atoms with Gasteiger partial charge in [0.25, 0.3) is 5.91 Å². The summed E-state index contributed by atoms with van der Waals surface area (Å²) in [5, 5.41) is 6.66. The molecule has 0 saturated heterocycles. The lowest BCUT2D eigenvalue weighted by Gasteiger charge is -2.11. The first-order valence-electron chi connectivity index (χ1n) is 8.16. The van der Waals surface area contributed by atoms with Gasteiger partial charge in [-0.15, -0.1) is 0 Å². The van der Waals surface area contributed by atoms with E-state index in [1.807, 2.05) is 31.2 Å². The Morgan fingerprint density at radius 1 is 1.19 bits per heavy atom. The highest BCUT2D eigenvalue weighted by atomic mass is 16.5. The molecule has 0 bridgehead atoms.